The van der Waals surface area contributed by atoms with E-state index in [0.29, 0.717) is 12.6 Å². The topological polar surface area (TPSA) is 38.5 Å². The first kappa shape index (κ1) is 13.3. The summed E-state index contributed by atoms with van der Waals surface area (Å²) >= 11 is 0. The molecular weight excluding hydrogens is 276 g/mol. The summed E-state index contributed by atoms with van der Waals surface area (Å²) < 4.78 is 11.9. The summed E-state index contributed by atoms with van der Waals surface area (Å²) in [4.78, 5) is 6.81. The molecule has 4 nitrogen and oxygen atoms in total. The number of ether oxygens (including phenoxy) is 1. The van der Waals surface area contributed by atoms with Crippen LogP contribution in [0.4, 0.5) is 6.01 Å². The van der Waals surface area contributed by atoms with E-state index in [-0.39, 0.29) is 12.1 Å². The Morgan fingerprint density at radius 2 is 1.82 bits per heavy atom. The standard InChI is InChI=1S/C18H18N2O2/c1-13-17(14-7-3-2-4-8-14)21-12-11-20(13)18-19-15-9-5-6-10-16(15)22-18/h2-10,13,17H,11-12H2,1H3/t13-,17-/m1/s1. The van der Waals surface area contributed by atoms with Crippen molar-refractivity contribution in [2.24, 2.45) is 0 Å². The van der Waals surface area contributed by atoms with Crippen molar-refractivity contribution in [2.75, 3.05) is 18.1 Å². The second kappa shape index (κ2) is 5.46. The van der Waals surface area contributed by atoms with E-state index in [0.717, 1.165) is 17.6 Å². The van der Waals surface area contributed by atoms with Gasteiger partial charge in [-0.15, -0.1) is 0 Å². The lowest BCUT2D eigenvalue weighted by Gasteiger charge is -2.38. The lowest BCUT2D eigenvalue weighted by atomic mass is 10.0. The fraction of sp³-hybridized carbons (Fsp3) is 0.278. The predicted molar refractivity (Wildman–Crippen MR) is 86.0 cm³/mol. The molecule has 2 aromatic carbocycles. The Balaban J connectivity index is 1.66. The van der Waals surface area contributed by atoms with Gasteiger partial charge in [-0.1, -0.05) is 42.5 Å². The highest BCUT2D eigenvalue weighted by molar-refractivity contribution is 5.74. The Morgan fingerprint density at radius 3 is 2.64 bits per heavy atom. The third-order valence-electron chi connectivity index (χ3n) is 4.22. The van der Waals surface area contributed by atoms with Gasteiger partial charge < -0.3 is 14.1 Å². The number of hydrogen-bond donors (Lipinski definition) is 0. The van der Waals surface area contributed by atoms with E-state index in [4.69, 9.17) is 9.15 Å². The number of para-hydroxylation sites is 2. The second-order valence-electron chi connectivity index (χ2n) is 5.60. The SMILES string of the molecule is C[C@@H]1[C@H](c2ccccc2)OCCN1c1nc2ccccc2o1. The van der Waals surface area contributed by atoms with E-state index in [2.05, 4.69) is 28.9 Å². The van der Waals surface area contributed by atoms with Gasteiger partial charge in [0, 0.05) is 6.54 Å². The average Bonchev–Trinajstić information content (AvgIpc) is 2.99. The molecule has 4 rings (SSSR count). The summed E-state index contributed by atoms with van der Waals surface area (Å²) in [5.41, 5.74) is 2.91. The van der Waals surface area contributed by atoms with Crippen molar-refractivity contribution in [3.05, 3.63) is 60.2 Å². The first-order valence-corrected chi connectivity index (χ1v) is 7.62. The summed E-state index contributed by atoms with van der Waals surface area (Å²) in [6.45, 7) is 3.62. The van der Waals surface area contributed by atoms with E-state index < -0.39 is 0 Å². The molecule has 4 heteroatoms. The summed E-state index contributed by atoms with van der Waals surface area (Å²) in [7, 11) is 0. The van der Waals surface area contributed by atoms with Crippen molar-refractivity contribution in [1.82, 2.24) is 4.98 Å². The maximum Gasteiger partial charge on any atom is 0.298 e. The number of hydrogen-bond acceptors (Lipinski definition) is 4. The zero-order valence-electron chi connectivity index (χ0n) is 12.5. The largest absolute Gasteiger partial charge is 0.423 e. The van der Waals surface area contributed by atoms with Gasteiger partial charge in [0.2, 0.25) is 0 Å². The Kier molecular flexibility index (Phi) is 3.31. The highest BCUT2D eigenvalue weighted by Crippen LogP contribution is 2.32. The molecule has 3 aromatic rings. The number of morpholine rings is 1. The van der Waals surface area contributed by atoms with Crippen LogP contribution in [0.3, 0.4) is 0 Å². The number of oxazole rings is 1. The summed E-state index contributed by atoms with van der Waals surface area (Å²) in [6.07, 6.45) is 0.0324. The molecule has 0 N–H and O–H groups in total. The summed E-state index contributed by atoms with van der Waals surface area (Å²) in [6, 6.07) is 19.0. The third kappa shape index (κ3) is 2.25. The van der Waals surface area contributed by atoms with Crippen LogP contribution < -0.4 is 4.90 Å². The van der Waals surface area contributed by atoms with Crippen LogP contribution in [0, 0.1) is 0 Å². The first-order chi connectivity index (χ1) is 10.8. The van der Waals surface area contributed by atoms with Crippen LogP contribution in [0.5, 0.6) is 0 Å². The van der Waals surface area contributed by atoms with Crippen molar-refractivity contribution < 1.29 is 9.15 Å². The molecule has 0 amide bonds. The van der Waals surface area contributed by atoms with E-state index >= 15 is 0 Å². The van der Waals surface area contributed by atoms with Crippen LogP contribution in [0.2, 0.25) is 0 Å². The molecule has 1 saturated heterocycles. The molecule has 22 heavy (non-hydrogen) atoms. The minimum Gasteiger partial charge on any atom is -0.423 e. The molecule has 0 bridgehead atoms. The Bertz CT molecular complexity index is 736. The van der Waals surface area contributed by atoms with E-state index in [1.807, 2.05) is 42.5 Å². The number of aromatic nitrogens is 1. The minimum atomic E-state index is 0.0324. The fourth-order valence-corrected chi connectivity index (χ4v) is 3.05. The fourth-order valence-electron chi connectivity index (χ4n) is 3.05. The minimum absolute atomic E-state index is 0.0324. The lowest BCUT2D eigenvalue weighted by molar-refractivity contribution is 0.0127. The van der Waals surface area contributed by atoms with Crippen molar-refractivity contribution in [3.63, 3.8) is 0 Å². The van der Waals surface area contributed by atoms with E-state index in [9.17, 15) is 0 Å². The van der Waals surface area contributed by atoms with Crippen LogP contribution >= 0.6 is 0 Å². The highest BCUT2D eigenvalue weighted by Gasteiger charge is 2.32. The molecular formula is C18H18N2O2. The number of fused-ring (bicyclic) bond motifs is 1. The molecule has 0 spiro atoms. The number of anilines is 1. The van der Waals surface area contributed by atoms with Crippen molar-refractivity contribution in [3.8, 4) is 0 Å². The molecule has 1 aromatic heterocycles. The molecule has 2 heterocycles. The monoisotopic (exact) mass is 294 g/mol. The zero-order chi connectivity index (χ0) is 14.9. The second-order valence-corrected chi connectivity index (χ2v) is 5.60. The molecule has 0 unspecified atom stereocenters. The van der Waals surface area contributed by atoms with Gasteiger partial charge in [-0.25, -0.2) is 0 Å². The van der Waals surface area contributed by atoms with Crippen molar-refractivity contribution in [2.45, 2.75) is 19.1 Å². The summed E-state index contributed by atoms with van der Waals surface area (Å²) in [5, 5.41) is 0. The lowest BCUT2D eigenvalue weighted by Crippen LogP contribution is -2.45. The van der Waals surface area contributed by atoms with Gasteiger partial charge in [-0.05, 0) is 24.6 Å². The predicted octanol–water partition coefficient (Wildman–Crippen LogP) is 3.79. The molecule has 0 radical (unpaired) electrons. The van der Waals surface area contributed by atoms with E-state index in [1.165, 1.54) is 5.56 Å². The normalized spacial score (nSPS) is 22.1. The maximum absolute atomic E-state index is 5.99. The van der Waals surface area contributed by atoms with E-state index in [1.54, 1.807) is 0 Å². The van der Waals surface area contributed by atoms with Gasteiger partial charge in [0.1, 0.15) is 11.6 Å². The van der Waals surface area contributed by atoms with Crippen LogP contribution in [-0.2, 0) is 4.74 Å². The van der Waals surface area contributed by atoms with Gasteiger partial charge >= 0.3 is 0 Å². The average molecular weight is 294 g/mol. The van der Waals surface area contributed by atoms with Crippen LogP contribution in [0.25, 0.3) is 11.1 Å². The number of rotatable bonds is 2. The zero-order valence-corrected chi connectivity index (χ0v) is 12.5. The van der Waals surface area contributed by atoms with Crippen molar-refractivity contribution in [1.29, 1.82) is 0 Å². The third-order valence-corrected chi connectivity index (χ3v) is 4.22. The molecule has 1 aliphatic rings. The van der Waals surface area contributed by atoms with Crippen LogP contribution in [0.15, 0.2) is 59.0 Å². The molecule has 0 aliphatic carbocycles. The van der Waals surface area contributed by atoms with Crippen LogP contribution in [-0.4, -0.2) is 24.2 Å². The molecule has 0 saturated carbocycles. The number of benzene rings is 2. The smallest absolute Gasteiger partial charge is 0.298 e. The maximum atomic E-state index is 5.99. The van der Waals surface area contributed by atoms with Gasteiger partial charge in [-0.2, -0.15) is 4.98 Å². The molecule has 2 atom stereocenters. The molecule has 112 valence electrons. The number of nitrogens with zero attached hydrogens (tertiary/aromatic N) is 2. The summed E-state index contributed by atoms with van der Waals surface area (Å²) in [5.74, 6) is 0. The molecule has 1 aliphatic heterocycles. The van der Waals surface area contributed by atoms with Gasteiger partial charge in [0.05, 0.1) is 12.6 Å². The van der Waals surface area contributed by atoms with Gasteiger partial charge in [0.25, 0.3) is 6.01 Å². The Labute approximate surface area is 129 Å². The Hall–Kier alpha value is -2.33. The molecule has 1 fully saturated rings. The van der Waals surface area contributed by atoms with Crippen LogP contribution in [0.1, 0.15) is 18.6 Å². The van der Waals surface area contributed by atoms with Gasteiger partial charge in [0.15, 0.2) is 5.58 Å². The Morgan fingerprint density at radius 1 is 1.05 bits per heavy atom. The first-order valence-electron chi connectivity index (χ1n) is 7.62. The quantitative estimate of drug-likeness (QED) is 0.720. The van der Waals surface area contributed by atoms with Crippen molar-refractivity contribution >= 4 is 17.1 Å². The van der Waals surface area contributed by atoms with Gasteiger partial charge in [-0.3, -0.25) is 0 Å². The highest BCUT2D eigenvalue weighted by atomic mass is 16.5.